The second-order valence-electron chi connectivity index (χ2n) is 5.65. The van der Waals surface area contributed by atoms with Crippen LogP contribution in [-0.2, 0) is 0 Å². The molecule has 20 heavy (non-hydrogen) atoms. The summed E-state index contributed by atoms with van der Waals surface area (Å²) in [6.07, 6.45) is 0. The SMILES string of the molecule is Cc1cc(C(=O)O)c(C(N)=NC(C)(C)C)c(O[Si])c1C. The van der Waals surface area contributed by atoms with E-state index >= 15 is 0 Å². The van der Waals surface area contributed by atoms with Crippen molar-refractivity contribution in [2.45, 2.75) is 40.2 Å². The Hall–Kier alpha value is -1.82. The van der Waals surface area contributed by atoms with Gasteiger partial charge >= 0.3 is 16.5 Å². The second-order valence-corrected chi connectivity index (χ2v) is 5.85. The van der Waals surface area contributed by atoms with Gasteiger partial charge in [0.1, 0.15) is 11.6 Å². The van der Waals surface area contributed by atoms with Gasteiger partial charge in [-0.25, -0.2) is 4.79 Å². The largest absolute Gasteiger partial charge is 0.540 e. The number of aliphatic imine (C=N–C) groups is 1. The summed E-state index contributed by atoms with van der Waals surface area (Å²) in [5.41, 5.74) is 7.58. The third-order valence-electron chi connectivity index (χ3n) is 2.83. The van der Waals surface area contributed by atoms with E-state index in [1.165, 1.54) is 0 Å². The molecular formula is C14H19N2O3Si. The number of hydrogen-bond acceptors (Lipinski definition) is 3. The predicted molar refractivity (Wildman–Crippen MR) is 79.7 cm³/mol. The number of rotatable bonds is 3. The van der Waals surface area contributed by atoms with E-state index in [-0.39, 0.29) is 11.4 Å². The molecule has 3 radical (unpaired) electrons. The van der Waals surface area contributed by atoms with Crippen LogP contribution in [-0.4, -0.2) is 32.9 Å². The highest BCUT2D eigenvalue weighted by Crippen LogP contribution is 2.30. The van der Waals surface area contributed by atoms with Crippen LogP contribution >= 0.6 is 0 Å². The summed E-state index contributed by atoms with van der Waals surface area (Å²) in [6.45, 7) is 9.31. The fourth-order valence-corrected chi connectivity index (χ4v) is 2.11. The molecule has 0 aliphatic carbocycles. The minimum atomic E-state index is -1.07. The number of hydrogen-bond donors (Lipinski definition) is 2. The van der Waals surface area contributed by atoms with Crippen LogP contribution in [0.4, 0.5) is 0 Å². The van der Waals surface area contributed by atoms with Crippen molar-refractivity contribution in [2.75, 3.05) is 0 Å². The Morgan fingerprint density at radius 2 is 1.95 bits per heavy atom. The number of carboxylic acid groups (broad SMARTS) is 1. The molecule has 0 aliphatic heterocycles. The summed E-state index contributed by atoms with van der Waals surface area (Å²) in [4.78, 5) is 15.8. The lowest BCUT2D eigenvalue weighted by Crippen LogP contribution is -2.25. The third kappa shape index (κ3) is 3.39. The van der Waals surface area contributed by atoms with Crippen LogP contribution in [0.3, 0.4) is 0 Å². The Morgan fingerprint density at radius 1 is 1.40 bits per heavy atom. The lowest BCUT2D eigenvalue weighted by Gasteiger charge is -2.19. The number of carbonyl (C=O) groups is 1. The van der Waals surface area contributed by atoms with Crippen LogP contribution in [0.2, 0.25) is 0 Å². The maximum absolute atomic E-state index is 11.4. The summed E-state index contributed by atoms with van der Waals surface area (Å²) in [6, 6.07) is 1.58. The van der Waals surface area contributed by atoms with Gasteiger partial charge in [0.05, 0.1) is 16.7 Å². The Kier molecular flexibility index (Phi) is 4.60. The van der Waals surface area contributed by atoms with Crippen molar-refractivity contribution < 1.29 is 14.3 Å². The maximum atomic E-state index is 11.4. The van der Waals surface area contributed by atoms with Gasteiger partial charge in [-0.1, -0.05) is 0 Å². The summed E-state index contributed by atoms with van der Waals surface area (Å²) in [5, 5.41) is 9.37. The highest BCUT2D eigenvalue weighted by molar-refractivity contribution is 6.11. The predicted octanol–water partition coefficient (Wildman–Crippen LogP) is 1.97. The van der Waals surface area contributed by atoms with Gasteiger partial charge in [-0.2, -0.15) is 0 Å². The van der Waals surface area contributed by atoms with Gasteiger partial charge in [0.25, 0.3) is 0 Å². The van der Waals surface area contributed by atoms with Crippen molar-refractivity contribution in [1.29, 1.82) is 0 Å². The van der Waals surface area contributed by atoms with Gasteiger partial charge in [-0.05, 0) is 51.8 Å². The Bertz CT molecular complexity index is 575. The Labute approximate surface area is 122 Å². The molecule has 0 bridgehead atoms. The van der Waals surface area contributed by atoms with Crippen LogP contribution < -0.4 is 10.2 Å². The molecule has 0 aliphatic rings. The first-order valence-electron chi connectivity index (χ1n) is 6.15. The molecule has 0 saturated carbocycles. The Balaban J connectivity index is 3.70. The summed E-state index contributed by atoms with van der Waals surface area (Å²) >= 11 is 0. The van der Waals surface area contributed by atoms with Crippen LogP contribution in [0, 0.1) is 13.8 Å². The van der Waals surface area contributed by atoms with E-state index < -0.39 is 11.5 Å². The minimum absolute atomic E-state index is 0.0758. The number of nitrogens with zero attached hydrogens (tertiary/aromatic N) is 1. The quantitative estimate of drug-likeness (QED) is 0.506. The zero-order valence-corrected chi connectivity index (χ0v) is 13.4. The summed E-state index contributed by atoms with van der Waals surface area (Å²) < 4.78 is 5.16. The van der Waals surface area contributed by atoms with E-state index in [0.717, 1.165) is 11.1 Å². The molecule has 5 nitrogen and oxygen atoms in total. The van der Waals surface area contributed by atoms with E-state index in [1.54, 1.807) is 6.07 Å². The van der Waals surface area contributed by atoms with Crippen molar-refractivity contribution in [1.82, 2.24) is 0 Å². The number of carboxylic acids is 1. The monoisotopic (exact) mass is 291 g/mol. The van der Waals surface area contributed by atoms with Crippen LogP contribution in [0.1, 0.15) is 47.8 Å². The normalized spacial score (nSPS) is 12.4. The summed E-state index contributed by atoms with van der Waals surface area (Å²) in [7, 11) is 2.97. The molecule has 1 aromatic carbocycles. The molecule has 0 aromatic heterocycles. The van der Waals surface area contributed by atoms with E-state index in [1.807, 2.05) is 34.6 Å². The Morgan fingerprint density at radius 3 is 2.35 bits per heavy atom. The molecule has 0 saturated heterocycles. The molecule has 3 N–H and O–H groups in total. The maximum Gasteiger partial charge on any atom is 0.341 e. The molecule has 107 valence electrons. The lowest BCUT2D eigenvalue weighted by molar-refractivity contribution is 0.0696. The fraction of sp³-hybridized carbons (Fsp3) is 0.429. The summed E-state index contributed by atoms with van der Waals surface area (Å²) in [5.74, 6) is -0.545. The van der Waals surface area contributed by atoms with E-state index in [2.05, 4.69) is 15.5 Å². The van der Waals surface area contributed by atoms with Crippen molar-refractivity contribution in [3.05, 3.63) is 28.3 Å². The average Bonchev–Trinajstić information content (AvgIpc) is 2.29. The number of aromatic carboxylic acids is 1. The standard InChI is InChI=1S/C14H19N2O3Si/c1-7-6-9(13(17)18)10(11(19-20)8(7)2)12(15)16-14(3,4)5/h6H,1-5H3,(H2,15,16)(H,17,18). The number of amidine groups is 1. The van der Waals surface area contributed by atoms with Crippen molar-refractivity contribution >= 4 is 22.3 Å². The zero-order valence-electron chi connectivity index (χ0n) is 12.4. The molecular weight excluding hydrogens is 272 g/mol. The molecule has 0 unspecified atom stereocenters. The first-order chi connectivity index (χ1) is 9.08. The van der Waals surface area contributed by atoms with Gasteiger partial charge in [-0.3, -0.25) is 4.99 Å². The molecule has 1 rings (SSSR count). The molecule has 0 fully saturated rings. The number of aryl methyl sites for hydroxylation is 1. The molecule has 0 heterocycles. The highest BCUT2D eigenvalue weighted by atomic mass is 28.2. The van der Waals surface area contributed by atoms with E-state index in [4.69, 9.17) is 10.2 Å². The zero-order chi connectivity index (χ0) is 15.7. The molecule has 1 aromatic rings. The van der Waals surface area contributed by atoms with Gasteiger partial charge in [-0.15, -0.1) is 0 Å². The topological polar surface area (TPSA) is 84.9 Å². The fourth-order valence-electron chi connectivity index (χ4n) is 1.85. The molecule has 0 atom stereocenters. The molecule has 0 amide bonds. The van der Waals surface area contributed by atoms with Crippen LogP contribution in [0.5, 0.6) is 5.75 Å². The van der Waals surface area contributed by atoms with Gasteiger partial charge < -0.3 is 15.3 Å². The van der Waals surface area contributed by atoms with Crippen molar-refractivity contribution in [3.63, 3.8) is 0 Å². The smallest absolute Gasteiger partial charge is 0.341 e. The highest BCUT2D eigenvalue weighted by Gasteiger charge is 2.23. The van der Waals surface area contributed by atoms with E-state index in [0.29, 0.717) is 11.3 Å². The number of nitrogens with two attached hydrogens (primary N) is 1. The van der Waals surface area contributed by atoms with Crippen LogP contribution in [0.15, 0.2) is 11.1 Å². The lowest BCUT2D eigenvalue weighted by atomic mass is 9.97. The minimum Gasteiger partial charge on any atom is -0.540 e. The third-order valence-corrected chi connectivity index (χ3v) is 3.04. The van der Waals surface area contributed by atoms with E-state index in [9.17, 15) is 9.90 Å². The van der Waals surface area contributed by atoms with Gasteiger partial charge in [0.15, 0.2) is 0 Å². The molecule has 0 spiro atoms. The first kappa shape index (κ1) is 16.2. The average molecular weight is 291 g/mol. The van der Waals surface area contributed by atoms with Crippen LogP contribution in [0.25, 0.3) is 0 Å². The first-order valence-corrected chi connectivity index (χ1v) is 6.56. The second kappa shape index (κ2) is 5.66. The van der Waals surface area contributed by atoms with Crippen molar-refractivity contribution in [2.24, 2.45) is 10.7 Å². The molecule has 6 heteroatoms. The van der Waals surface area contributed by atoms with Crippen molar-refractivity contribution in [3.8, 4) is 5.75 Å². The van der Waals surface area contributed by atoms with Gasteiger partial charge in [0.2, 0.25) is 0 Å². The number of benzene rings is 1. The van der Waals surface area contributed by atoms with Gasteiger partial charge in [0, 0.05) is 0 Å².